The smallest absolute Gasteiger partial charge is 0.183 e. The average Bonchev–Trinajstić information content (AvgIpc) is 2.94. The number of hydrogen-bond acceptors (Lipinski definition) is 5. The zero-order valence-corrected chi connectivity index (χ0v) is 11.6. The number of ether oxygens (including phenoxy) is 2. The maximum atomic E-state index is 9.58. The van der Waals surface area contributed by atoms with Gasteiger partial charge < -0.3 is 19.9 Å². The van der Waals surface area contributed by atoms with Gasteiger partial charge in [-0.25, -0.2) is 0 Å². The average molecular weight is 266 g/mol. The van der Waals surface area contributed by atoms with Crippen molar-refractivity contribution < 1.29 is 14.6 Å². The van der Waals surface area contributed by atoms with Crippen LogP contribution < -0.4 is 14.8 Å². The number of hydrogen-bond donors (Lipinski definition) is 2. The largest absolute Gasteiger partial charge is 0.493 e. The van der Waals surface area contributed by atoms with Gasteiger partial charge in [0.1, 0.15) is 0 Å². The summed E-state index contributed by atoms with van der Waals surface area (Å²) in [6, 6.07) is 1.78. The Morgan fingerprint density at radius 2 is 2.05 bits per heavy atom. The minimum absolute atomic E-state index is 0.157. The summed E-state index contributed by atoms with van der Waals surface area (Å²) in [7, 11) is 3.22. The van der Waals surface area contributed by atoms with Crippen LogP contribution in [-0.4, -0.2) is 36.5 Å². The molecule has 0 aromatic carbocycles. The van der Waals surface area contributed by atoms with E-state index in [0.29, 0.717) is 18.0 Å². The number of aromatic nitrogens is 1. The fraction of sp³-hybridized carbons (Fsp3) is 0.643. The highest BCUT2D eigenvalue weighted by Gasteiger charge is 2.32. The number of pyridine rings is 1. The second kappa shape index (κ2) is 6.21. The van der Waals surface area contributed by atoms with Crippen LogP contribution in [0.1, 0.15) is 31.4 Å². The van der Waals surface area contributed by atoms with Crippen LogP contribution in [0.25, 0.3) is 0 Å². The molecule has 1 heterocycles. The van der Waals surface area contributed by atoms with Gasteiger partial charge in [-0.2, -0.15) is 0 Å². The van der Waals surface area contributed by atoms with Gasteiger partial charge >= 0.3 is 0 Å². The predicted molar refractivity (Wildman–Crippen MR) is 72.5 cm³/mol. The van der Waals surface area contributed by atoms with Gasteiger partial charge in [0.25, 0.3) is 0 Å². The molecule has 1 aliphatic rings. The molecule has 5 heteroatoms. The van der Waals surface area contributed by atoms with Crippen LogP contribution in [0.4, 0.5) is 0 Å². The van der Waals surface area contributed by atoms with Gasteiger partial charge in [0.05, 0.1) is 26.5 Å². The van der Waals surface area contributed by atoms with E-state index in [4.69, 9.17) is 9.47 Å². The molecule has 19 heavy (non-hydrogen) atoms. The third-order valence-electron chi connectivity index (χ3n) is 3.86. The maximum absolute atomic E-state index is 9.58. The first kappa shape index (κ1) is 14.1. The van der Waals surface area contributed by atoms with E-state index in [2.05, 4.69) is 10.3 Å². The Bertz CT molecular complexity index is 417. The SMILES string of the molecule is COc1ccnc(CNC2(CO)CCCC2)c1OC. The second-order valence-electron chi connectivity index (χ2n) is 4.99. The zero-order chi connectivity index (χ0) is 13.7. The molecule has 0 saturated heterocycles. The van der Waals surface area contributed by atoms with Crippen LogP contribution >= 0.6 is 0 Å². The first-order valence-electron chi connectivity index (χ1n) is 6.66. The molecule has 1 aliphatic carbocycles. The molecule has 0 unspecified atom stereocenters. The van der Waals surface area contributed by atoms with Crippen LogP contribution in [0, 0.1) is 0 Å². The van der Waals surface area contributed by atoms with Crippen molar-refractivity contribution in [2.45, 2.75) is 37.8 Å². The van der Waals surface area contributed by atoms with Gasteiger partial charge in [-0.15, -0.1) is 0 Å². The van der Waals surface area contributed by atoms with Crippen LogP contribution in [-0.2, 0) is 6.54 Å². The highest BCUT2D eigenvalue weighted by Crippen LogP contribution is 2.32. The van der Waals surface area contributed by atoms with Crippen molar-refractivity contribution in [2.75, 3.05) is 20.8 Å². The number of aliphatic hydroxyl groups is 1. The maximum Gasteiger partial charge on any atom is 0.183 e. The highest BCUT2D eigenvalue weighted by atomic mass is 16.5. The van der Waals surface area contributed by atoms with E-state index in [1.807, 2.05) is 0 Å². The molecule has 0 radical (unpaired) electrons. The summed E-state index contributed by atoms with van der Waals surface area (Å²) in [6.45, 7) is 0.736. The summed E-state index contributed by atoms with van der Waals surface area (Å²) < 4.78 is 10.6. The molecular weight excluding hydrogens is 244 g/mol. The number of aliphatic hydroxyl groups excluding tert-OH is 1. The molecule has 1 saturated carbocycles. The van der Waals surface area contributed by atoms with Gasteiger partial charge in [-0.05, 0) is 12.8 Å². The van der Waals surface area contributed by atoms with Crippen molar-refractivity contribution in [1.82, 2.24) is 10.3 Å². The highest BCUT2D eigenvalue weighted by molar-refractivity contribution is 5.42. The monoisotopic (exact) mass is 266 g/mol. The molecule has 0 aliphatic heterocycles. The second-order valence-corrected chi connectivity index (χ2v) is 4.99. The fourth-order valence-corrected chi connectivity index (χ4v) is 2.69. The van der Waals surface area contributed by atoms with Crippen LogP contribution in [0.5, 0.6) is 11.5 Å². The Hall–Kier alpha value is -1.33. The molecule has 0 spiro atoms. The van der Waals surface area contributed by atoms with Gasteiger partial charge in [0.15, 0.2) is 11.5 Å². The lowest BCUT2D eigenvalue weighted by Crippen LogP contribution is -2.45. The van der Waals surface area contributed by atoms with Crippen LogP contribution in [0.3, 0.4) is 0 Å². The Balaban J connectivity index is 2.10. The predicted octanol–water partition coefficient (Wildman–Crippen LogP) is 1.49. The van der Waals surface area contributed by atoms with E-state index in [-0.39, 0.29) is 12.1 Å². The van der Waals surface area contributed by atoms with Crippen molar-refractivity contribution in [2.24, 2.45) is 0 Å². The Morgan fingerprint density at radius 1 is 1.32 bits per heavy atom. The first-order valence-corrected chi connectivity index (χ1v) is 6.66. The lowest BCUT2D eigenvalue weighted by molar-refractivity contribution is 0.162. The molecule has 1 aromatic heterocycles. The third-order valence-corrected chi connectivity index (χ3v) is 3.86. The van der Waals surface area contributed by atoms with Crippen molar-refractivity contribution in [1.29, 1.82) is 0 Å². The lowest BCUT2D eigenvalue weighted by Gasteiger charge is -2.28. The summed E-state index contributed by atoms with van der Waals surface area (Å²) in [5.41, 5.74) is 0.650. The molecule has 1 fully saturated rings. The lowest BCUT2D eigenvalue weighted by atomic mass is 9.99. The summed E-state index contributed by atoms with van der Waals surface area (Å²) in [4.78, 5) is 4.34. The molecule has 106 valence electrons. The Morgan fingerprint density at radius 3 is 2.63 bits per heavy atom. The van der Waals surface area contributed by atoms with Gasteiger partial charge in [0.2, 0.25) is 0 Å². The minimum Gasteiger partial charge on any atom is -0.493 e. The van der Waals surface area contributed by atoms with Crippen molar-refractivity contribution in [3.8, 4) is 11.5 Å². The van der Waals surface area contributed by atoms with E-state index >= 15 is 0 Å². The summed E-state index contributed by atoms with van der Waals surface area (Å²) in [5, 5.41) is 13.0. The van der Waals surface area contributed by atoms with Crippen molar-refractivity contribution in [3.05, 3.63) is 18.0 Å². The molecule has 0 amide bonds. The fourth-order valence-electron chi connectivity index (χ4n) is 2.69. The van der Waals surface area contributed by atoms with Crippen molar-refractivity contribution in [3.63, 3.8) is 0 Å². The van der Waals surface area contributed by atoms with Crippen molar-refractivity contribution >= 4 is 0 Å². The summed E-state index contributed by atoms with van der Waals surface area (Å²) >= 11 is 0. The number of rotatable bonds is 6. The van der Waals surface area contributed by atoms with Gasteiger partial charge in [0, 0.05) is 24.3 Å². The van der Waals surface area contributed by atoms with E-state index in [0.717, 1.165) is 31.4 Å². The quantitative estimate of drug-likeness (QED) is 0.817. The van der Waals surface area contributed by atoms with E-state index < -0.39 is 0 Å². The summed E-state index contributed by atoms with van der Waals surface area (Å²) in [5.74, 6) is 1.34. The Labute approximate surface area is 114 Å². The third kappa shape index (κ3) is 2.98. The molecule has 0 atom stereocenters. The molecule has 0 bridgehead atoms. The molecule has 2 N–H and O–H groups in total. The number of nitrogens with zero attached hydrogens (tertiary/aromatic N) is 1. The Kier molecular flexibility index (Phi) is 4.61. The summed E-state index contributed by atoms with van der Waals surface area (Å²) in [6.07, 6.45) is 6.05. The van der Waals surface area contributed by atoms with E-state index in [9.17, 15) is 5.11 Å². The zero-order valence-electron chi connectivity index (χ0n) is 11.6. The normalized spacial score (nSPS) is 17.4. The van der Waals surface area contributed by atoms with E-state index in [1.165, 1.54) is 0 Å². The molecule has 5 nitrogen and oxygen atoms in total. The van der Waals surface area contributed by atoms with Crippen LogP contribution in [0.2, 0.25) is 0 Å². The van der Waals surface area contributed by atoms with Gasteiger partial charge in [-0.1, -0.05) is 12.8 Å². The molecule has 1 aromatic rings. The first-order chi connectivity index (χ1) is 9.24. The van der Waals surface area contributed by atoms with Gasteiger partial charge in [-0.3, -0.25) is 4.98 Å². The molecular formula is C14H22N2O3. The number of methoxy groups -OCH3 is 2. The minimum atomic E-state index is -0.157. The topological polar surface area (TPSA) is 63.6 Å². The molecule has 2 rings (SSSR count). The van der Waals surface area contributed by atoms with E-state index in [1.54, 1.807) is 26.5 Å². The van der Waals surface area contributed by atoms with Crippen LogP contribution in [0.15, 0.2) is 12.3 Å². The number of nitrogens with one attached hydrogen (secondary N) is 1. The standard InChI is InChI=1S/C14H22N2O3/c1-18-12-5-8-15-11(13(12)19-2)9-16-14(10-17)6-3-4-7-14/h5,8,16-17H,3-4,6-7,9-10H2,1-2H3.